The fourth-order valence-corrected chi connectivity index (χ4v) is 2.95. The van der Waals surface area contributed by atoms with Crippen molar-refractivity contribution >= 4 is 21.6 Å². The average molecular weight is 370 g/mol. The van der Waals surface area contributed by atoms with Crippen molar-refractivity contribution in [2.24, 2.45) is 0 Å². The van der Waals surface area contributed by atoms with Gasteiger partial charge in [0.1, 0.15) is 17.4 Å². The van der Waals surface area contributed by atoms with Crippen LogP contribution in [0.2, 0.25) is 0 Å². The quantitative estimate of drug-likeness (QED) is 0.877. The summed E-state index contributed by atoms with van der Waals surface area (Å²) < 4.78 is 57.4. The molecule has 6 nitrogen and oxygen atoms in total. The molecule has 0 saturated heterocycles. The van der Waals surface area contributed by atoms with Crippen LogP contribution in [0.4, 0.5) is 14.5 Å². The van der Waals surface area contributed by atoms with Crippen LogP contribution < -0.4 is 10.1 Å². The number of nitrogens with one attached hydrogen (secondary N) is 1. The Hall–Kier alpha value is -2.52. The molecule has 0 saturated carbocycles. The molecule has 0 unspecified atom stereocenters. The van der Waals surface area contributed by atoms with Crippen molar-refractivity contribution in [1.82, 2.24) is 4.31 Å². The molecule has 2 aromatic carbocycles. The molecule has 9 heteroatoms. The Bertz CT molecular complexity index is 914. The van der Waals surface area contributed by atoms with Gasteiger partial charge < -0.3 is 10.1 Å². The van der Waals surface area contributed by atoms with Crippen molar-refractivity contribution < 1.29 is 26.7 Å². The van der Waals surface area contributed by atoms with Gasteiger partial charge in [0, 0.05) is 14.1 Å². The number of ether oxygens (including phenoxy) is 1. The third-order valence-electron chi connectivity index (χ3n) is 3.37. The zero-order valence-corrected chi connectivity index (χ0v) is 14.5. The molecule has 134 valence electrons. The predicted molar refractivity (Wildman–Crippen MR) is 88.2 cm³/mol. The highest BCUT2D eigenvalue weighted by molar-refractivity contribution is 7.89. The van der Waals surface area contributed by atoms with Crippen molar-refractivity contribution in [2.75, 3.05) is 26.5 Å². The molecule has 0 radical (unpaired) electrons. The normalized spacial score (nSPS) is 11.4. The minimum Gasteiger partial charge on any atom is -0.495 e. The Balaban J connectivity index is 2.44. The summed E-state index contributed by atoms with van der Waals surface area (Å²) in [5, 5.41) is 2.34. The van der Waals surface area contributed by atoms with Gasteiger partial charge in [-0.15, -0.1) is 0 Å². The zero-order chi connectivity index (χ0) is 18.8. The van der Waals surface area contributed by atoms with Crippen molar-refractivity contribution in [3.8, 4) is 5.75 Å². The number of benzene rings is 2. The van der Waals surface area contributed by atoms with E-state index in [0.29, 0.717) is 0 Å². The fourth-order valence-electron chi connectivity index (χ4n) is 2.02. The molecule has 25 heavy (non-hydrogen) atoms. The second kappa shape index (κ2) is 7.16. The van der Waals surface area contributed by atoms with Crippen molar-refractivity contribution in [1.29, 1.82) is 0 Å². The molecule has 2 aromatic rings. The average Bonchev–Trinajstić information content (AvgIpc) is 2.56. The molecule has 1 amide bonds. The maximum absolute atomic E-state index is 13.7. The topological polar surface area (TPSA) is 75.7 Å². The lowest BCUT2D eigenvalue weighted by molar-refractivity contribution is 0.102. The van der Waals surface area contributed by atoms with Crippen LogP contribution in [0.3, 0.4) is 0 Å². The van der Waals surface area contributed by atoms with E-state index in [9.17, 15) is 22.0 Å². The van der Waals surface area contributed by atoms with E-state index in [1.165, 1.54) is 39.4 Å². The van der Waals surface area contributed by atoms with Crippen LogP contribution in [-0.2, 0) is 10.0 Å². The van der Waals surface area contributed by atoms with Gasteiger partial charge in [-0.3, -0.25) is 4.79 Å². The highest BCUT2D eigenvalue weighted by Crippen LogP contribution is 2.29. The van der Waals surface area contributed by atoms with E-state index < -0.39 is 33.1 Å². The first kappa shape index (κ1) is 18.8. The van der Waals surface area contributed by atoms with Gasteiger partial charge in [-0.05, 0) is 36.4 Å². The summed E-state index contributed by atoms with van der Waals surface area (Å²) in [6.07, 6.45) is 0. The summed E-state index contributed by atoms with van der Waals surface area (Å²) >= 11 is 0. The molecule has 0 bridgehead atoms. The van der Waals surface area contributed by atoms with E-state index in [1.807, 2.05) is 0 Å². The highest BCUT2D eigenvalue weighted by Gasteiger charge is 2.21. The smallest absolute Gasteiger partial charge is 0.258 e. The summed E-state index contributed by atoms with van der Waals surface area (Å²) in [6, 6.07) is 6.31. The number of methoxy groups -OCH3 is 1. The molecule has 0 aliphatic heterocycles. The van der Waals surface area contributed by atoms with Crippen molar-refractivity contribution in [3.63, 3.8) is 0 Å². The molecule has 2 rings (SSSR count). The molecule has 1 N–H and O–H groups in total. The van der Waals surface area contributed by atoms with Gasteiger partial charge in [0.15, 0.2) is 0 Å². The Kier molecular flexibility index (Phi) is 5.39. The van der Waals surface area contributed by atoms with Gasteiger partial charge in [-0.2, -0.15) is 0 Å². The summed E-state index contributed by atoms with van der Waals surface area (Å²) in [6.45, 7) is 0. The number of nitrogens with zero attached hydrogens (tertiary/aromatic N) is 1. The van der Waals surface area contributed by atoms with Crippen LogP contribution in [-0.4, -0.2) is 39.8 Å². The lowest BCUT2D eigenvalue weighted by atomic mass is 10.2. The van der Waals surface area contributed by atoms with Crippen LogP contribution >= 0.6 is 0 Å². The zero-order valence-electron chi connectivity index (χ0n) is 13.7. The van der Waals surface area contributed by atoms with Gasteiger partial charge in [-0.25, -0.2) is 21.5 Å². The maximum Gasteiger partial charge on any atom is 0.258 e. The van der Waals surface area contributed by atoms with E-state index >= 15 is 0 Å². The van der Waals surface area contributed by atoms with Crippen LogP contribution in [0.15, 0.2) is 41.3 Å². The van der Waals surface area contributed by atoms with Crippen molar-refractivity contribution in [3.05, 3.63) is 53.6 Å². The predicted octanol–water partition coefficient (Wildman–Crippen LogP) is 2.48. The number of hydrogen-bond donors (Lipinski definition) is 1. The van der Waals surface area contributed by atoms with E-state index in [-0.39, 0.29) is 16.3 Å². The molecule has 0 fully saturated rings. The summed E-state index contributed by atoms with van der Waals surface area (Å²) in [5.41, 5.74) is -0.498. The Morgan fingerprint density at radius 1 is 1.12 bits per heavy atom. The van der Waals surface area contributed by atoms with Crippen LogP contribution in [0, 0.1) is 11.6 Å². The number of carbonyl (C=O) groups is 1. The van der Waals surface area contributed by atoms with Crippen LogP contribution in [0.5, 0.6) is 5.75 Å². The standard InChI is InChI=1S/C16H16F2N2O4S/c1-20(2)25(22,23)11-5-7-15(24-3)14(9-11)19-16(21)12-8-10(17)4-6-13(12)18/h4-9H,1-3H3,(H,19,21). The van der Waals surface area contributed by atoms with Crippen LogP contribution in [0.1, 0.15) is 10.4 Å². The number of anilines is 1. The fraction of sp³-hybridized carbons (Fsp3) is 0.188. The molecule has 0 heterocycles. The molecule has 0 aromatic heterocycles. The number of halogens is 2. The molecular weight excluding hydrogens is 354 g/mol. The van der Waals surface area contributed by atoms with Crippen molar-refractivity contribution in [2.45, 2.75) is 4.90 Å². The van der Waals surface area contributed by atoms with Gasteiger partial charge >= 0.3 is 0 Å². The minimum absolute atomic E-state index is 0.0130. The Labute approximate surface area is 144 Å². The van der Waals surface area contributed by atoms with E-state index in [0.717, 1.165) is 22.5 Å². The molecular formula is C16H16F2N2O4S. The monoisotopic (exact) mass is 370 g/mol. The number of sulfonamides is 1. The second-order valence-electron chi connectivity index (χ2n) is 5.23. The van der Waals surface area contributed by atoms with E-state index in [4.69, 9.17) is 4.74 Å². The van der Waals surface area contributed by atoms with E-state index in [1.54, 1.807) is 0 Å². The van der Waals surface area contributed by atoms with Gasteiger partial charge in [0.25, 0.3) is 5.91 Å². The molecule has 0 spiro atoms. The number of amides is 1. The summed E-state index contributed by atoms with van der Waals surface area (Å²) in [4.78, 5) is 12.1. The second-order valence-corrected chi connectivity index (χ2v) is 7.38. The lowest BCUT2D eigenvalue weighted by Gasteiger charge is -2.15. The molecule has 0 aliphatic rings. The maximum atomic E-state index is 13.7. The third-order valence-corrected chi connectivity index (χ3v) is 5.18. The van der Waals surface area contributed by atoms with Gasteiger partial charge in [0.2, 0.25) is 10.0 Å². The van der Waals surface area contributed by atoms with Gasteiger partial charge in [-0.1, -0.05) is 0 Å². The minimum atomic E-state index is -3.75. The SMILES string of the molecule is COc1ccc(S(=O)(=O)N(C)C)cc1NC(=O)c1cc(F)ccc1F. The first-order chi connectivity index (χ1) is 11.7. The van der Waals surface area contributed by atoms with Crippen LogP contribution in [0.25, 0.3) is 0 Å². The van der Waals surface area contributed by atoms with E-state index in [2.05, 4.69) is 5.32 Å². The Morgan fingerprint density at radius 3 is 2.40 bits per heavy atom. The highest BCUT2D eigenvalue weighted by atomic mass is 32.2. The summed E-state index contributed by atoms with van der Waals surface area (Å²) in [5.74, 6) is -2.45. The first-order valence-corrected chi connectivity index (χ1v) is 8.48. The first-order valence-electron chi connectivity index (χ1n) is 7.03. The lowest BCUT2D eigenvalue weighted by Crippen LogP contribution is -2.22. The largest absolute Gasteiger partial charge is 0.495 e. The molecule has 0 atom stereocenters. The molecule has 0 aliphatic carbocycles. The summed E-state index contributed by atoms with van der Waals surface area (Å²) in [7, 11) is 0.302. The van der Waals surface area contributed by atoms with Gasteiger partial charge in [0.05, 0.1) is 23.3 Å². The number of rotatable bonds is 5. The third kappa shape index (κ3) is 3.94. The number of carbonyl (C=O) groups excluding carboxylic acids is 1. The Morgan fingerprint density at radius 2 is 1.80 bits per heavy atom. The number of hydrogen-bond acceptors (Lipinski definition) is 4.